The molecule has 3 aromatic rings. The van der Waals surface area contributed by atoms with Crippen LogP contribution in [0.4, 0.5) is 5.82 Å². The summed E-state index contributed by atoms with van der Waals surface area (Å²) in [7, 11) is 6.98. The summed E-state index contributed by atoms with van der Waals surface area (Å²) in [5, 5.41) is 7.30. The largest absolute Gasteiger partial charge is 0.360 e. The molecule has 2 atom stereocenters. The van der Waals surface area contributed by atoms with E-state index < -0.39 is 22.8 Å². The Morgan fingerprint density at radius 2 is 1.47 bits per heavy atom. The first-order valence-corrected chi connectivity index (χ1v) is 10.5. The molecule has 9 nitrogen and oxygen atoms in total. The maximum absolute atomic E-state index is 12.4. The van der Waals surface area contributed by atoms with Gasteiger partial charge < -0.3 is 10.2 Å². The molecule has 32 heavy (non-hydrogen) atoms. The number of likely N-dealkylation sites (N-methyl/N-ethyl adjacent to an activating group) is 1. The van der Waals surface area contributed by atoms with Crippen LogP contribution in [0.2, 0.25) is 0 Å². The van der Waals surface area contributed by atoms with Crippen LogP contribution in [0.15, 0.2) is 64.2 Å². The molecule has 3 rings (SSSR count). The zero-order chi connectivity index (χ0) is 23.8. The van der Waals surface area contributed by atoms with Crippen molar-refractivity contribution >= 4 is 17.4 Å². The van der Waals surface area contributed by atoms with Crippen LogP contribution >= 0.6 is 0 Å². The van der Waals surface area contributed by atoms with Crippen LogP contribution < -0.4 is 16.6 Å². The minimum atomic E-state index is -0.750. The van der Waals surface area contributed by atoms with E-state index in [1.807, 2.05) is 39.2 Å². The number of benzene rings is 2. The minimum Gasteiger partial charge on any atom is -0.360 e. The number of hydrogen-bond acceptors (Lipinski definition) is 7. The Morgan fingerprint density at radius 1 is 0.938 bits per heavy atom. The topological polar surface area (TPSA) is 106 Å². The Hall–Kier alpha value is -3.37. The summed E-state index contributed by atoms with van der Waals surface area (Å²) in [4.78, 5) is 26.4. The molecule has 0 bridgehead atoms. The summed E-state index contributed by atoms with van der Waals surface area (Å²) < 4.78 is 18.8. The smallest absolute Gasteiger partial charge is 0.346 e. The van der Waals surface area contributed by atoms with Crippen molar-refractivity contribution in [3.05, 3.63) is 81.0 Å². The van der Waals surface area contributed by atoms with Gasteiger partial charge in [0.2, 0.25) is 5.82 Å². The fraction of sp³-hybridized carbons (Fsp3) is 0.318. The highest BCUT2D eigenvalue weighted by Gasteiger charge is 2.23. The van der Waals surface area contributed by atoms with Gasteiger partial charge >= 0.3 is 17.3 Å². The van der Waals surface area contributed by atoms with Gasteiger partial charge in [-0.1, -0.05) is 54.6 Å². The average molecular weight is 458 g/mol. The first-order chi connectivity index (χ1) is 15.2. The third-order valence-electron chi connectivity index (χ3n) is 5.07. The zero-order valence-electron chi connectivity index (χ0n) is 18.7. The molecule has 0 spiro atoms. The van der Waals surface area contributed by atoms with Gasteiger partial charge in [-0.25, -0.2) is 9.48 Å². The maximum Gasteiger partial charge on any atom is 0.346 e. The molecule has 0 fully saturated rings. The molecule has 1 N–H and O–H groups in total. The van der Waals surface area contributed by atoms with Gasteiger partial charge in [-0.05, 0) is 37.7 Å². The van der Waals surface area contributed by atoms with Crippen LogP contribution in [0.25, 0.3) is 11.1 Å². The van der Waals surface area contributed by atoms with Crippen molar-refractivity contribution in [2.45, 2.75) is 19.0 Å². The Balaban J connectivity index is 0.00000114. The molecule has 0 aliphatic heterocycles. The summed E-state index contributed by atoms with van der Waals surface area (Å²) in [6.07, 6.45) is 0. The van der Waals surface area contributed by atoms with Gasteiger partial charge in [-0.15, -0.1) is 5.10 Å². The van der Waals surface area contributed by atoms with E-state index in [0.717, 1.165) is 20.4 Å². The van der Waals surface area contributed by atoms with Crippen LogP contribution in [-0.4, -0.2) is 47.8 Å². The van der Waals surface area contributed by atoms with Gasteiger partial charge in [0.05, 0.1) is 6.04 Å². The number of aryl methyl sites for hydroxylation is 1. The molecular formula is C22H27N5O4S. The maximum atomic E-state index is 12.4. The normalized spacial score (nSPS) is 12.4. The number of aromatic nitrogens is 3. The fourth-order valence-electron chi connectivity index (χ4n) is 3.62. The van der Waals surface area contributed by atoms with Crippen molar-refractivity contribution in [3.63, 3.8) is 0 Å². The van der Waals surface area contributed by atoms with Crippen molar-refractivity contribution in [2.24, 2.45) is 14.1 Å². The Bertz CT molecular complexity index is 1180. The van der Waals surface area contributed by atoms with Crippen molar-refractivity contribution in [1.82, 2.24) is 19.2 Å². The van der Waals surface area contributed by atoms with Crippen molar-refractivity contribution in [1.29, 1.82) is 0 Å². The number of rotatable bonds is 6. The Morgan fingerprint density at radius 3 is 2.00 bits per heavy atom. The van der Waals surface area contributed by atoms with Crippen LogP contribution in [0.5, 0.6) is 0 Å². The standard InChI is InChI=1S/C22H27N5O2.O2S/c1-15(23-20-21(28)26(4)22(29)27(5)24-20)19(25(2)3)18-13-11-17(12-14-18)16-9-7-6-8-10-16;1-3-2/h6-15,19H,1-5H3,(H,23,24);/t15-,19+;/m0./s1. The van der Waals surface area contributed by atoms with E-state index in [-0.39, 0.29) is 17.9 Å². The first-order valence-electron chi connectivity index (χ1n) is 9.85. The van der Waals surface area contributed by atoms with Gasteiger partial charge in [-0.2, -0.15) is 8.42 Å². The van der Waals surface area contributed by atoms with E-state index in [1.165, 1.54) is 19.7 Å². The van der Waals surface area contributed by atoms with E-state index >= 15 is 0 Å². The molecule has 0 saturated carbocycles. The fourth-order valence-corrected chi connectivity index (χ4v) is 3.62. The number of nitrogens with zero attached hydrogens (tertiary/aromatic N) is 4. The first kappa shape index (κ1) is 24.9. The molecule has 0 aliphatic rings. The van der Waals surface area contributed by atoms with Crippen LogP contribution in [0.1, 0.15) is 18.5 Å². The third kappa shape index (κ3) is 5.86. The lowest BCUT2D eigenvalue weighted by Gasteiger charge is -2.31. The van der Waals surface area contributed by atoms with E-state index in [0.29, 0.717) is 0 Å². The molecule has 0 radical (unpaired) electrons. The molecule has 170 valence electrons. The second kappa shape index (κ2) is 11.3. The second-order valence-electron chi connectivity index (χ2n) is 7.52. The van der Waals surface area contributed by atoms with Gasteiger partial charge in [0.15, 0.2) is 0 Å². The minimum absolute atomic E-state index is 0.00330. The van der Waals surface area contributed by atoms with E-state index in [1.54, 1.807) is 0 Å². The van der Waals surface area contributed by atoms with Crippen molar-refractivity contribution in [3.8, 4) is 11.1 Å². The van der Waals surface area contributed by atoms with Crippen LogP contribution in [-0.2, 0) is 25.7 Å². The molecule has 1 aromatic heterocycles. The van der Waals surface area contributed by atoms with Gasteiger partial charge in [-0.3, -0.25) is 9.36 Å². The van der Waals surface area contributed by atoms with E-state index in [9.17, 15) is 9.59 Å². The Kier molecular flexibility index (Phi) is 8.80. The number of anilines is 1. The molecule has 10 heteroatoms. The predicted octanol–water partition coefficient (Wildman–Crippen LogP) is 1.58. The second-order valence-corrected chi connectivity index (χ2v) is 7.65. The monoisotopic (exact) mass is 457 g/mol. The van der Waals surface area contributed by atoms with Gasteiger partial charge in [0.25, 0.3) is 5.56 Å². The highest BCUT2D eigenvalue weighted by Crippen LogP contribution is 2.27. The highest BCUT2D eigenvalue weighted by atomic mass is 32.1. The van der Waals surface area contributed by atoms with E-state index in [4.69, 9.17) is 8.42 Å². The lowest BCUT2D eigenvalue weighted by Crippen LogP contribution is -2.42. The van der Waals surface area contributed by atoms with E-state index in [2.05, 4.69) is 51.7 Å². The summed E-state index contributed by atoms with van der Waals surface area (Å²) in [6.45, 7) is 2.00. The summed E-state index contributed by atoms with van der Waals surface area (Å²) in [6, 6.07) is 18.5. The molecule has 2 aromatic carbocycles. The summed E-state index contributed by atoms with van der Waals surface area (Å²) in [5.41, 5.74) is 2.56. The predicted molar refractivity (Wildman–Crippen MR) is 125 cm³/mol. The molecule has 0 saturated heterocycles. The highest BCUT2D eigenvalue weighted by molar-refractivity contribution is 7.51. The SMILES string of the molecule is C[C@H](Nc1nn(C)c(=O)n(C)c1=O)[C@H](c1ccc(-c2ccccc2)cc1)N(C)C.O=S=O. The quantitative estimate of drug-likeness (QED) is 0.599. The lowest BCUT2D eigenvalue weighted by atomic mass is 9.96. The Labute approximate surface area is 189 Å². The molecule has 1 heterocycles. The third-order valence-corrected chi connectivity index (χ3v) is 5.07. The van der Waals surface area contributed by atoms with Crippen molar-refractivity contribution < 1.29 is 8.42 Å². The number of hydrogen-bond donors (Lipinski definition) is 1. The number of nitrogens with one attached hydrogen (secondary N) is 1. The van der Waals surface area contributed by atoms with Crippen LogP contribution in [0.3, 0.4) is 0 Å². The van der Waals surface area contributed by atoms with Gasteiger partial charge in [0.1, 0.15) is 0 Å². The summed E-state index contributed by atoms with van der Waals surface area (Å²) >= 11 is -0.750. The molecule has 0 amide bonds. The molecular weight excluding hydrogens is 430 g/mol. The zero-order valence-corrected chi connectivity index (χ0v) is 19.5. The lowest BCUT2D eigenvalue weighted by molar-refractivity contribution is 0.275. The molecule has 0 unspecified atom stereocenters. The van der Waals surface area contributed by atoms with Crippen LogP contribution in [0, 0.1) is 0 Å². The summed E-state index contributed by atoms with van der Waals surface area (Å²) in [5.74, 6) is 0.162. The average Bonchev–Trinajstić information content (AvgIpc) is 2.77. The van der Waals surface area contributed by atoms with Gasteiger partial charge in [0, 0.05) is 20.1 Å². The molecule has 0 aliphatic carbocycles. The van der Waals surface area contributed by atoms with Crippen molar-refractivity contribution in [2.75, 3.05) is 19.4 Å².